The molecule has 4 nitrogen and oxygen atoms in total. The van der Waals surface area contributed by atoms with Crippen molar-refractivity contribution < 1.29 is 13.9 Å². The zero-order chi connectivity index (χ0) is 13.4. The first-order valence-electron chi connectivity index (χ1n) is 5.76. The lowest BCUT2D eigenvalue weighted by atomic mass is 10.2. The molecule has 5 heteroatoms. The minimum absolute atomic E-state index is 0.0907. The maximum absolute atomic E-state index is 13.4. The van der Waals surface area contributed by atoms with Gasteiger partial charge in [-0.15, -0.1) is 0 Å². The smallest absolute Gasteiger partial charge is 0.325 e. The minimum atomic E-state index is -0.560. The summed E-state index contributed by atoms with van der Waals surface area (Å²) >= 11 is 0. The quantitative estimate of drug-likeness (QED) is 0.622. The van der Waals surface area contributed by atoms with Crippen LogP contribution in [0.15, 0.2) is 18.2 Å². The number of nitrogens with one attached hydrogen (secondary N) is 1. The van der Waals surface area contributed by atoms with Crippen molar-refractivity contribution in [2.75, 3.05) is 18.5 Å². The van der Waals surface area contributed by atoms with E-state index < -0.39 is 11.8 Å². The van der Waals surface area contributed by atoms with Gasteiger partial charge in [0, 0.05) is 0 Å². The van der Waals surface area contributed by atoms with Gasteiger partial charge >= 0.3 is 5.97 Å². The van der Waals surface area contributed by atoms with Gasteiger partial charge in [0.1, 0.15) is 12.4 Å². The zero-order valence-electron chi connectivity index (χ0n) is 10.2. The normalized spacial score (nSPS) is 9.61. The highest BCUT2D eigenvalue weighted by atomic mass is 19.1. The summed E-state index contributed by atoms with van der Waals surface area (Å²) < 4.78 is 18.3. The second-order valence-electron chi connectivity index (χ2n) is 3.73. The average Bonchev–Trinajstić information content (AvgIpc) is 2.37. The van der Waals surface area contributed by atoms with E-state index in [0.29, 0.717) is 6.61 Å². The Morgan fingerprint density at radius 1 is 1.56 bits per heavy atom. The first kappa shape index (κ1) is 14.0. The maximum atomic E-state index is 13.4. The molecule has 18 heavy (non-hydrogen) atoms. The molecule has 0 fully saturated rings. The summed E-state index contributed by atoms with van der Waals surface area (Å²) in [7, 11) is 0. The van der Waals surface area contributed by atoms with Gasteiger partial charge in [0.05, 0.1) is 23.9 Å². The van der Waals surface area contributed by atoms with E-state index in [0.717, 1.165) is 18.9 Å². The molecular weight excluding hydrogens is 235 g/mol. The number of halogens is 1. The fraction of sp³-hybridized carbons (Fsp3) is 0.385. The van der Waals surface area contributed by atoms with Crippen LogP contribution in [-0.4, -0.2) is 19.1 Å². The Bertz CT molecular complexity index is 455. The van der Waals surface area contributed by atoms with Crippen LogP contribution in [0, 0.1) is 17.1 Å². The average molecular weight is 250 g/mol. The Morgan fingerprint density at radius 2 is 2.33 bits per heavy atom. The number of nitriles is 1. The summed E-state index contributed by atoms with van der Waals surface area (Å²) in [6, 6.07) is 5.85. The molecule has 0 radical (unpaired) electrons. The highest BCUT2D eigenvalue weighted by Crippen LogP contribution is 2.14. The molecule has 0 aliphatic carbocycles. The van der Waals surface area contributed by atoms with Gasteiger partial charge in [-0.3, -0.25) is 4.79 Å². The van der Waals surface area contributed by atoms with Crippen LogP contribution in [0.25, 0.3) is 0 Å². The maximum Gasteiger partial charge on any atom is 0.325 e. The van der Waals surface area contributed by atoms with E-state index in [1.807, 2.05) is 13.0 Å². The Morgan fingerprint density at radius 3 is 2.94 bits per heavy atom. The Hall–Kier alpha value is -2.09. The van der Waals surface area contributed by atoms with Crippen molar-refractivity contribution in [1.82, 2.24) is 0 Å². The molecule has 1 aromatic carbocycles. The van der Waals surface area contributed by atoms with Crippen LogP contribution >= 0.6 is 0 Å². The number of nitrogens with zero attached hydrogens (tertiary/aromatic N) is 1. The SMILES string of the molecule is CCCCOC(=O)CNc1ccc(C#N)cc1F. The summed E-state index contributed by atoms with van der Waals surface area (Å²) in [5, 5.41) is 11.2. The zero-order valence-corrected chi connectivity index (χ0v) is 10.2. The van der Waals surface area contributed by atoms with Gasteiger partial charge in [-0.1, -0.05) is 13.3 Å². The molecule has 0 spiro atoms. The molecule has 0 unspecified atom stereocenters. The van der Waals surface area contributed by atoms with Crippen LogP contribution in [0.3, 0.4) is 0 Å². The fourth-order valence-corrected chi connectivity index (χ4v) is 1.28. The summed E-state index contributed by atoms with van der Waals surface area (Å²) in [5.41, 5.74) is 0.421. The topological polar surface area (TPSA) is 62.1 Å². The molecule has 1 N–H and O–H groups in total. The lowest BCUT2D eigenvalue weighted by molar-refractivity contribution is -0.141. The number of carbonyl (C=O) groups is 1. The van der Waals surface area contributed by atoms with Gasteiger partial charge in [0.25, 0.3) is 0 Å². The first-order valence-corrected chi connectivity index (χ1v) is 5.76. The van der Waals surface area contributed by atoms with Crippen molar-refractivity contribution in [3.63, 3.8) is 0 Å². The van der Waals surface area contributed by atoms with Crippen molar-refractivity contribution in [2.45, 2.75) is 19.8 Å². The molecule has 0 bridgehead atoms. The van der Waals surface area contributed by atoms with E-state index in [-0.39, 0.29) is 17.8 Å². The van der Waals surface area contributed by atoms with E-state index in [2.05, 4.69) is 5.32 Å². The van der Waals surface area contributed by atoms with Crippen molar-refractivity contribution in [1.29, 1.82) is 5.26 Å². The molecule has 1 rings (SSSR count). The Labute approximate surface area is 105 Å². The van der Waals surface area contributed by atoms with Gasteiger partial charge in [-0.25, -0.2) is 4.39 Å². The number of benzene rings is 1. The number of hydrogen-bond donors (Lipinski definition) is 1. The van der Waals surface area contributed by atoms with E-state index in [1.54, 1.807) is 0 Å². The Balaban J connectivity index is 2.44. The number of ether oxygens (including phenoxy) is 1. The lowest BCUT2D eigenvalue weighted by Crippen LogP contribution is -2.18. The number of carbonyl (C=O) groups excluding carboxylic acids is 1. The summed E-state index contributed by atoms with van der Waals surface area (Å²) in [6.07, 6.45) is 1.77. The van der Waals surface area contributed by atoms with Crippen LogP contribution < -0.4 is 5.32 Å². The number of esters is 1. The molecule has 96 valence electrons. The van der Waals surface area contributed by atoms with Gasteiger partial charge in [0.2, 0.25) is 0 Å². The standard InChI is InChI=1S/C13H15FN2O2/c1-2-3-6-18-13(17)9-16-12-5-4-10(8-15)7-11(12)14/h4-5,7,16H,2-3,6,9H2,1H3. The number of anilines is 1. The van der Waals surface area contributed by atoms with Crippen molar-refractivity contribution in [3.8, 4) is 6.07 Å². The molecule has 0 saturated heterocycles. The first-order chi connectivity index (χ1) is 8.67. The van der Waals surface area contributed by atoms with E-state index >= 15 is 0 Å². The Kier molecular flexibility index (Phi) is 5.65. The predicted molar refractivity (Wildman–Crippen MR) is 65.5 cm³/mol. The largest absolute Gasteiger partial charge is 0.464 e. The van der Waals surface area contributed by atoms with Crippen LogP contribution in [0.4, 0.5) is 10.1 Å². The van der Waals surface area contributed by atoms with E-state index in [9.17, 15) is 9.18 Å². The third-order valence-electron chi connectivity index (χ3n) is 2.28. The molecule has 0 atom stereocenters. The predicted octanol–water partition coefficient (Wildman–Crippen LogP) is 2.45. The van der Waals surface area contributed by atoms with E-state index in [1.165, 1.54) is 12.1 Å². The minimum Gasteiger partial charge on any atom is -0.464 e. The second-order valence-corrected chi connectivity index (χ2v) is 3.73. The molecule has 0 saturated carbocycles. The molecule has 0 heterocycles. The molecule has 0 aromatic heterocycles. The molecule has 0 amide bonds. The fourth-order valence-electron chi connectivity index (χ4n) is 1.28. The lowest BCUT2D eigenvalue weighted by Gasteiger charge is -2.07. The molecule has 0 aliphatic rings. The van der Waals surface area contributed by atoms with Crippen LogP contribution in [0.5, 0.6) is 0 Å². The van der Waals surface area contributed by atoms with Gasteiger partial charge in [-0.05, 0) is 24.6 Å². The number of unbranched alkanes of at least 4 members (excludes halogenated alkanes) is 1. The second kappa shape index (κ2) is 7.28. The van der Waals surface area contributed by atoms with Gasteiger partial charge in [0.15, 0.2) is 0 Å². The van der Waals surface area contributed by atoms with Crippen molar-refractivity contribution >= 4 is 11.7 Å². The van der Waals surface area contributed by atoms with Crippen molar-refractivity contribution in [2.24, 2.45) is 0 Å². The number of rotatable bonds is 6. The van der Waals surface area contributed by atoms with Gasteiger partial charge < -0.3 is 10.1 Å². The highest BCUT2D eigenvalue weighted by molar-refractivity contribution is 5.75. The van der Waals surface area contributed by atoms with Gasteiger partial charge in [-0.2, -0.15) is 5.26 Å². The molecule has 1 aromatic rings. The third kappa shape index (κ3) is 4.42. The van der Waals surface area contributed by atoms with E-state index in [4.69, 9.17) is 10.00 Å². The summed E-state index contributed by atoms with van der Waals surface area (Å²) in [4.78, 5) is 11.3. The van der Waals surface area contributed by atoms with Crippen LogP contribution in [0.2, 0.25) is 0 Å². The van der Waals surface area contributed by atoms with Crippen LogP contribution in [0.1, 0.15) is 25.3 Å². The highest BCUT2D eigenvalue weighted by Gasteiger charge is 2.06. The molecular formula is C13H15FN2O2. The third-order valence-corrected chi connectivity index (χ3v) is 2.28. The van der Waals surface area contributed by atoms with Crippen molar-refractivity contribution in [3.05, 3.63) is 29.6 Å². The molecule has 0 aliphatic heterocycles. The van der Waals surface area contributed by atoms with Crippen LogP contribution in [-0.2, 0) is 9.53 Å². The number of hydrogen-bond acceptors (Lipinski definition) is 4. The summed E-state index contributed by atoms with van der Waals surface area (Å²) in [5.74, 6) is -0.984. The summed E-state index contributed by atoms with van der Waals surface area (Å²) in [6.45, 7) is 2.29. The monoisotopic (exact) mass is 250 g/mol.